The van der Waals surface area contributed by atoms with E-state index < -0.39 is 0 Å². The highest BCUT2D eigenvalue weighted by atomic mass is 16.1. The van der Waals surface area contributed by atoms with Crippen LogP contribution < -0.4 is 0 Å². The smallest absolute Gasteiger partial charge is 0.184 e. The first kappa shape index (κ1) is 17.2. The molecule has 0 radical (unpaired) electrons. The minimum Gasteiger partial charge on any atom is -0.360 e. The fraction of sp³-hybridized carbons (Fsp3) is 0.280. The summed E-state index contributed by atoms with van der Waals surface area (Å²) in [6.45, 7) is 4.52. The van der Waals surface area contributed by atoms with Crippen molar-refractivity contribution in [2.24, 2.45) is 4.99 Å². The van der Waals surface area contributed by atoms with Gasteiger partial charge in [0.25, 0.3) is 0 Å². The molecule has 4 aromatic rings. The molecule has 0 spiro atoms. The number of carbonyl (C=O) groups excluding carboxylic acids is 1. The molecule has 0 bridgehead atoms. The Hall–Kier alpha value is -2.94. The van der Waals surface area contributed by atoms with Crippen LogP contribution >= 0.6 is 0 Å². The third-order valence-electron chi connectivity index (χ3n) is 5.92. The molecule has 5 rings (SSSR count). The molecule has 0 N–H and O–H groups in total. The lowest BCUT2D eigenvalue weighted by Gasteiger charge is -2.17. The minimum absolute atomic E-state index is 0.105. The van der Waals surface area contributed by atoms with Crippen molar-refractivity contribution < 1.29 is 4.79 Å². The van der Waals surface area contributed by atoms with Gasteiger partial charge in [0.15, 0.2) is 5.78 Å². The summed E-state index contributed by atoms with van der Waals surface area (Å²) < 4.78 is 0. The van der Waals surface area contributed by atoms with Gasteiger partial charge in [0.05, 0.1) is 5.84 Å². The van der Waals surface area contributed by atoms with Gasteiger partial charge in [-0.3, -0.25) is 9.79 Å². The van der Waals surface area contributed by atoms with E-state index in [9.17, 15) is 4.79 Å². The van der Waals surface area contributed by atoms with Crippen molar-refractivity contribution in [2.45, 2.75) is 26.2 Å². The molecular formula is C25H24N2O. The predicted molar refractivity (Wildman–Crippen MR) is 118 cm³/mol. The standard InChI is InChI=1S/C25H24N2O/c1-2-14-27-15-4-7-23(27)26-16-22(28)20-12-10-19-9-8-17-5-3-6-18-11-13-21(20)25(19)24(17)18/h3,5-6,8-13H,2,4,7,14-16H2,1H3/b26-23+. The highest BCUT2D eigenvalue weighted by Gasteiger charge is 2.19. The van der Waals surface area contributed by atoms with Crippen molar-refractivity contribution in [2.75, 3.05) is 19.6 Å². The zero-order valence-corrected chi connectivity index (χ0v) is 16.2. The van der Waals surface area contributed by atoms with Crippen LogP contribution in [-0.2, 0) is 0 Å². The van der Waals surface area contributed by atoms with E-state index in [1.54, 1.807) is 0 Å². The normalized spacial score (nSPS) is 16.2. The third kappa shape index (κ3) is 2.73. The summed E-state index contributed by atoms with van der Waals surface area (Å²) in [7, 11) is 0. The molecule has 4 aromatic carbocycles. The summed E-state index contributed by atoms with van der Waals surface area (Å²) in [5, 5.41) is 7.13. The van der Waals surface area contributed by atoms with Gasteiger partial charge in [-0.2, -0.15) is 0 Å². The van der Waals surface area contributed by atoms with Crippen molar-refractivity contribution in [3.05, 3.63) is 60.2 Å². The van der Waals surface area contributed by atoms with Crippen molar-refractivity contribution in [3.8, 4) is 0 Å². The fourth-order valence-electron chi connectivity index (χ4n) is 4.63. The average Bonchev–Trinajstić information content (AvgIpc) is 3.17. The van der Waals surface area contributed by atoms with Crippen LogP contribution in [-0.4, -0.2) is 36.2 Å². The number of rotatable bonds is 5. The molecular weight excluding hydrogens is 344 g/mol. The maximum absolute atomic E-state index is 13.1. The Morgan fingerprint density at radius 2 is 1.68 bits per heavy atom. The summed E-state index contributed by atoms with van der Waals surface area (Å²) in [5.74, 6) is 1.21. The van der Waals surface area contributed by atoms with Gasteiger partial charge in [-0.15, -0.1) is 0 Å². The van der Waals surface area contributed by atoms with Crippen LogP contribution in [0.25, 0.3) is 32.3 Å². The second kappa shape index (κ2) is 6.90. The van der Waals surface area contributed by atoms with E-state index in [1.165, 1.54) is 26.9 Å². The molecule has 1 saturated heterocycles. The van der Waals surface area contributed by atoms with Gasteiger partial charge in [0, 0.05) is 25.1 Å². The number of amidine groups is 1. The Bertz CT molecular complexity index is 1190. The Balaban J connectivity index is 1.56. The van der Waals surface area contributed by atoms with Crippen molar-refractivity contribution in [1.82, 2.24) is 4.90 Å². The molecule has 1 aliphatic heterocycles. The summed E-state index contributed by atoms with van der Waals surface area (Å²) in [5.41, 5.74) is 0.787. The highest BCUT2D eigenvalue weighted by molar-refractivity contribution is 6.26. The van der Waals surface area contributed by atoms with Crippen molar-refractivity contribution >= 4 is 43.9 Å². The Morgan fingerprint density at radius 1 is 0.964 bits per heavy atom. The molecule has 0 unspecified atom stereocenters. The van der Waals surface area contributed by atoms with E-state index in [0.717, 1.165) is 49.1 Å². The number of Topliss-reactive ketones (excluding diaryl/α,β-unsaturated/α-hetero) is 1. The quantitative estimate of drug-likeness (QED) is 0.336. The average molecular weight is 368 g/mol. The van der Waals surface area contributed by atoms with Gasteiger partial charge >= 0.3 is 0 Å². The first-order valence-corrected chi connectivity index (χ1v) is 10.2. The lowest BCUT2D eigenvalue weighted by molar-refractivity contribution is 0.100. The molecule has 3 nitrogen and oxygen atoms in total. The summed E-state index contributed by atoms with van der Waals surface area (Å²) in [4.78, 5) is 20.1. The molecule has 0 atom stereocenters. The van der Waals surface area contributed by atoms with Gasteiger partial charge in [-0.25, -0.2) is 0 Å². The van der Waals surface area contributed by atoms with Crippen molar-refractivity contribution in [1.29, 1.82) is 0 Å². The Kier molecular flexibility index (Phi) is 4.23. The summed E-state index contributed by atoms with van der Waals surface area (Å²) >= 11 is 0. The number of hydrogen-bond donors (Lipinski definition) is 0. The van der Waals surface area contributed by atoms with E-state index in [0.29, 0.717) is 0 Å². The van der Waals surface area contributed by atoms with Crippen LogP contribution in [0.3, 0.4) is 0 Å². The SMILES string of the molecule is CCCN1CCC/C1=N\CC(=O)c1ccc2ccc3cccc4ccc1c2c34. The predicted octanol–water partition coefficient (Wildman–Crippen LogP) is 5.67. The maximum atomic E-state index is 13.1. The molecule has 1 aliphatic rings. The highest BCUT2D eigenvalue weighted by Crippen LogP contribution is 2.36. The maximum Gasteiger partial charge on any atom is 0.184 e. The number of ketones is 1. The van der Waals surface area contributed by atoms with Crippen LogP contribution in [0.5, 0.6) is 0 Å². The van der Waals surface area contributed by atoms with E-state index in [4.69, 9.17) is 4.99 Å². The van der Waals surface area contributed by atoms with Crippen LogP contribution in [0.4, 0.5) is 0 Å². The molecule has 3 heteroatoms. The molecule has 1 heterocycles. The number of hydrogen-bond acceptors (Lipinski definition) is 2. The molecule has 1 fully saturated rings. The fourth-order valence-corrected chi connectivity index (χ4v) is 4.63. The Labute approximate surface area is 165 Å². The first-order valence-electron chi connectivity index (χ1n) is 10.2. The van der Waals surface area contributed by atoms with Crippen LogP contribution in [0, 0.1) is 0 Å². The number of benzene rings is 4. The van der Waals surface area contributed by atoms with Gasteiger partial charge < -0.3 is 4.90 Å². The zero-order chi connectivity index (χ0) is 19.1. The molecule has 0 saturated carbocycles. The van der Waals surface area contributed by atoms with Crippen molar-refractivity contribution in [3.63, 3.8) is 0 Å². The van der Waals surface area contributed by atoms with Gasteiger partial charge in [0.2, 0.25) is 0 Å². The topological polar surface area (TPSA) is 32.7 Å². The lowest BCUT2D eigenvalue weighted by atomic mass is 9.91. The van der Waals surface area contributed by atoms with E-state index in [1.807, 2.05) is 6.07 Å². The largest absolute Gasteiger partial charge is 0.360 e. The number of carbonyl (C=O) groups is 1. The van der Waals surface area contributed by atoms with E-state index in [-0.39, 0.29) is 12.3 Å². The van der Waals surface area contributed by atoms with Gasteiger partial charge in [-0.1, -0.05) is 61.5 Å². The van der Waals surface area contributed by atoms with E-state index in [2.05, 4.69) is 60.4 Å². The first-order chi connectivity index (χ1) is 13.8. The number of nitrogens with zero attached hydrogens (tertiary/aromatic N) is 2. The molecule has 140 valence electrons. The second-order valence-electron chi connectivity index (χ2n) is 7.72. The van der Waals surface area contributed by atoms with Gasteiger partial charge in [-0.05, 0) is 45.2 Å². The second-order valence-corrected chi connectivity index (χ2v) is 7.72. The van der Waals surface area contributed by atoms with Crippen LogP contribution in [0.1, 0.15) is 36.5 Å². The minimum atomic E-state index is 0.105. The molecule has 0 amide bonds. The third-order valence-corrected chi connectivity index (χ3v) is 5.92. The van der Waals surface area contributed by atoms with E-state index >= 15 is 0 Å². The zero-order valence-electron chi connectivity index (χ0n) is 16.2. The summed E-state index contributed by atoms with van der Waals surface area (Å²) in [6.07, 6.45) is 3.25. The molecule has 28 heavy (non-hydrogen) atoms. The summed E-state index contributed by atoms with van der Waals surface area (Å²) in [6, 6.07) is 19.0. The number of aliphatic imine (C=N–C) groups is 1. The monoisotopic (exact) mass is 368 g/mol. The van der Waals surface area contributed by atoms with Gasteiger partial charge in [0.1, 0.15) is 6.54 Å². The van der Waals surface area contributed by atoms with Crippen LogP contribution in [0.2, 0.25) is 0 Å². The lowest BCUT2D eigenvalue weighted by Crippen LogP contribution is -2.26. The molecule has 0 aromatic heterocycles. The van der Waals surface area contributed by atoms with Crippen LogP contribution in [0.15, 0.2) is 59.6 Å². The number of likely N-dealkylation sites (tertiary alicyclic amines) is 1. The Morgan fingerprint density at radius 3 is 2.46 bits per heavy atom. The molecule has 0 aliphatic carbocycles.